The number of aryl methyl sites for hydroxylation is 1. The number of amides is 2. The maximum atomic E-state index is 12.7. The molecule has 116 valence electrons. The molecule has 1 aliphatic rings. The van der Waals surface area contributed by atoms with Gasteiger partial charge in [-0.3, -0.25) is 9.59 Å². The first-order chi connectivity index (χ1) is 9.97. The molecule has 1 aromatic heterocycles. The zero-order valence-corrected chi connectivity index (χ0v) is 14.0. The van der Waals surface area contributed by atoms with Gasteiger partial charge in [0.15, 0.2) is 0 Å². The molecule has 2 amide bonds. The highest BCUT2D eigenvalue weighted by atomic mass is 32.1. The highest BCUT2D eigenvalue weighted by molar-refractivity contribution is 7.11. The average molecular weight is 308 g/mol. The predicted octanol–water partition coefficient (Wildman–Crippen LogP) is 2.57. The van der Waals surface area contributed by atoms with Crippen molar-refractivity contribution in [2.45, 2.75) is 59.2 Å². The summed E-state index contributed by atoms with van der Waals surface area (Å²) in [7, 11) is 0. The molecule has 0 saturated carbocycles. The van der Waals surface area contributed by atoms with E-state index in [0.717, 1.165) is 11.3 Å². The molecule has 2 atom stereocenters. The fraction of sp³-hybridized carbons (Fsp3) is 0.625. The predicted molar refractivity (Wildman–Crippen MR) is 85.1 cm³/mol. The van der Waals surface area contributed by atoms with Gasteiger partial charge in [-0.05, 0) is 30.9 Å². The lowest BCUT2D eigenvalue weighted by Crippen LogP contribution is -2.64. The number of nitrogens with zero attached hydrogens (tertiary/aromatic N) is 1. The number of rotatable bonds is 5. The Balaban J connectivity index is 2.22. The molecule has 0 aliphatic carbocycles. The summed E-state index contributed by atoms with van der Waals surface area (Å²) in [5.74, 6) is 0.127. The van der Waals surface area contributed by atoms with Crippen molar-refractivity contribution in [1.82, 2.24) is 10.2 Å². The van der Waals surface area contributed by atoms with Crippen LogP contribution in [0.5, 0.6) is 0 Å². The zero-order chi connectivity index (χ0) is 15.6. The summed E-state index contributed by atoms with van der Waals surface area (Å²) in [5, 5.41) is 2.87. The minimum atomic E-state index is -0.397. The maximum absolute atomic E-state index is 12.7. The van der Waals surface area contributed by atoms with Gasteiger partial charge in [-0.15, -0.1) is 11.3 Å². The molecule has 1 saturated heterocycles. The van der Waals surface area contributed by atoms with E-state index in [4.69, 9.17) is 0 Å². The molecule has 0 bridgehead atoms. The number of thiophene rings is 1. The minimum absolute atomic E-state index is 0.0249. The standard InChI is InChI=1S/C16H24N2O2S/c1-5-11-7-8-12(21-11)9-18-13(6-2)15(19)17-14(10(3)4)16(18)20/h7-8,10,13-14H,5-6,9H2,1-4H3,(H,17,19). The Morgan fingerprint density at radius 3 is 2.43 bits per heavy atom. The van der Waals surface area contributed by atoms with Gasteiger partial charge in [-0.25, -0.2) is 0 Å². The first-order valence-corrected chi connectivity index (χ1v) is 8.48. The highest BCUT2D eigenvalue weighted by Gasteiger charge is 2.40. The Hall–Kier alpha value is -1.36. The van der Waals surface area contributed by atoms with Crippen LogP contribution in [-0.4, -0.2) is 28.8 Å². The van der Waals surface area contributed by atoms with E-state index in [-0.39, 0.29) is 23.8 Å². The second-order valence-electron chi connectivity index (χ2n) is 5.84. The number of nitrogens with one attached hydrogen (secondary N) is 1. The van der Waals surface area contributed by atoms with Crippen LogP contribution in [0.15, 0.2) is 12.1 Å². The molecule has 1 fully saturated rings. The van der Waals surface area contributed by atoms with Crippen LogP contribution in [0.2, 0.25) is 0 Å². The van der Waals surface area contributed by atoms with Gasteiger partial charge in [0.05, 0.1) is 6.54 Å². The van der Waals surface area contributed by atoms with Crippen molar-refractivity contribution in [3.8, 4) is 0 Å². The van der Waals surface area contributed by atoms with E-state index in [1.54, 1.807) is 16.2 Å². The largest absolute Gasteiger partial charge is 0.342 e. The van der Waals surface area contributed by atoms with E-state index >= 15 is 0 Å². The minimum Gasteiger partial charge on any atom is -0.342 e. The normalized spacial score (nSPS) is 22.8. The second-order valence-corrected chi connectivity index (χ2v) is 7.09. The van der Waals surface area contributed by atoms with Gasteiger partial charge >= 0.3 is 0 Å². The summed E-state index contributed by atoms with van der Waals surface area (Å²) in [6.45, 7) is 8.55. The fourth-order valence-electron chi connectivity index (χ4n) is 2.70. The van der Waals surface area contributed by atoms with Gasteiger partial charge in [-0.1, -0.05) is 27.7 Å². The third kappa shape index (κ3) is 3.28. The van der Waals surface area contributed by atoms with Crippen molar-refractivity contribution in [3.05, 3.63) is 21.9 Å². The number of carbonyl (C=O) groups is 2. The van der Waals surface area contributed by atoms with E-state index in [0.29, 0.717) is 13.0 Å². The molecule has 4 nitrogen and oxygen atoms in total. The maximum Gasteiger partial charge on any atom is 0.246 e. The molecular formula is C16H24N2O2S. The molecule has 2 unspecified atom stereocenters. The first kappa shape index (κ1) is 16.0. The first-order valence-electron chi connectivity index (χ1n) is 7.66. The second kappa shape index (κ2) is 6.60. The summed E-state index contributed by atoms with van der Waals surface area (Å²) in [6, 6.07) is 3.43. The average Bonchev–Trinajstić information content (AvgIpc) is 2.90. The van der Waals surface area contributed by atoms with Gasteiger partial charge in [0, 0.05) is 9.75 Å². The van der Waals surface area contributed by atoms with Crippen molar-refractivity contribution in [3.63, 3.8) is 0 Å². The summed E-state index contributed by atoms with van der Waals surface area (Å²) in [6.07, 6.45) is 1.65. The van der Waals surface area contributed by atoms with Crippen molar-refractivity contribution >= 4 is 23.2 Å². The van der Waals surface area contributed by atoms with Crippen molar-refractivity contribution < 1.29 is 9.59 Å². The van der Waals surface area contributed by atoms with E-state index < -0.39 is 6.04 Å². The molecule has 1 aromatic rings. The lowest BCUT2D eigenvalue weighted by Gasteiger charge is -2.39. The molecule has 2 heterocycles. The Kier molecular flexibility index (Phi) is 5.04. The van der Waals surface area contributed by atoms with Crippen LogP contribution >= 0.6 is 11.3 Å². The Labute approximate surface area is 130 Å². The van der Waals surface area contributed by atoms with E-state index in [1.807, 2.05) is 20.8 Å². The fourth-order valence-corrected chi connectivity index (χ4v) is 3.65. The highest BCUT2D eigenvalue weighted by Crippen LogP contribution is 2.24. The van der Waals surface area contributed by atoms with Gasteiger partial charge in [0.2, 0.25) is 11.8 Å². The summed E-state index contributed by atoms with van der Waals surface area (Å²) >= 11 is 1.73. The molecular weight excluding hydrogens is 284 g/mol. The monoisotopic (exact) mass is 308 g/mol. The molecule has 21 heavy (non-hydrogen) atoms. The lowest BCUT2D eigenvalue weighted by molar-refractivity contribution is -0.151. The quantitative estimate of drug-likeness (QED) is 0.909. The zero-order valence-electron chi connectivity index (χ0n) is 13.2. The summed E-state index contributed by atoms with van der Waals surface area (Å²) in [5.41, 5.74) is 0. The third-order valence-electron chi connectivity index (χ3n) is 3.97. The number of hydrogen-bond acceptors (Lipinski definition) is 3. The van der Waals surface area contributed by atoms with E-state index in [9.17, 15) is 9.59 Å². The van der Waals surface area contributed by atoms with Gasteiger partial charge in [-0.2, -0.15) is 0 Å². The van der Waals surface area contributed by atoms with Crippen LogP contribution in [0.25, 0.3) is 0 Å². The van der Waals surface area contributed by atoms with Gasteiger partial charge in [0.1, 0.15) is 12.1 Å². The van der Waals surface area contributed by atoms with Crippen LogP contribution in [0.1, 0.15) is 43.9 Å². The van der Waals surface area contributed by atoms with Crippen LogP contribution in [0, 0.1) is 5.92 Å². The van der Waals surface area contributed by atoms with Crippen LogP contribution < -0.4 is 5.32 Å². The molecule has 5 heteroatoms. The molecule has 0 aromatic carbocycles. The molecule has 0 spiro atoms. The Morgan fingerprint density at radius 1 is 1.24 bits per heavy atom. The molecule has 2 rings (SSSR count). The number of piperazine rings is 1. The van der Waals surface area contributed by atoms with Crippen molar-refractivity contribution in [2.75, 3.05) is 0 Å². The van der Waals surface area contributed by atoms with Crippen molar-refractivity contribution in [1.29, 1.82) is 0 Å². The van der Waals surface area contributed by atoms with Crippen LogP contribution in [0.3, 0.4) is 0 Å². The smallest absolute Gasteiger partial charge is 0.246 e. The topological polar surface area (TPSA) is 49.4 Å². The van der Waals surface area contributed by atoms with E-state index in [1.165, 1.54) is 4.88 Å². The van der Waals surface area contributed by atoms with Gasteiger partial charge in [0.25, 0.3) is 0 Å². The van der Waals surface area contributed by atoms with E-state index in [2.05, 4.69) is 24.4 Å². The molecule has 1 N–H and O–H groups in total. The molecule has 1 aliphatic heterocycles. The number of carbonyl (C=O) groups excluding carboxylic acids is 2. The van der Waals surface area contributed by atoms with Crippen LogP contribution in [-0.2, 0) is 22.6 Å². The number of hydrogen-bond donors (Lipinski definition) is 1. The summed E-state index contributed by atoms with van der Waals surface area (Å²) in [4.78, 5) is 29.1. The third-order valence-corrected chi connectivity index (χ3v) is 5.19. The summed E-state index contributed by atoms with van der Waals surface area (Å²) < 4.78 is 0. The Bertz CT molecular complexity index is 524. The van der Waals surface area contributed by atoms with Crippen molar-refractivity contribution in [2.24, 2.45) is 5.92 Å². The SMILES string of the molecule is CCc1ccc(CN2C(=O)C(C(C)C)NC(=O)C2CC)s1. The lowest BCUT2D eigenvalue weighted by atomic mass is 9.97. The Morgan fingerprint density at radius 2 is 1.90 bits per heavy atom. The van der Waals surface area contributed by atoms with Gasteiger partial charge < -0.3 is 10.2 Å². The molecule has 0 radical (unpaired) electrons. The van der Waals surface area contributed by atoms with Crippen LogP contribution in [0.4, 0.5) is 0 Å².